The summed E-state index contributed by atoms with van der Waals surface area (Å²) in [4.78, 5) is 2.43. The highest BCUT2D eigenvalue weighted by atomic mass is 15.1. The van der Waals surface area contributed by atoms with E-state index < -0.39 is 0 Å². The zero-order valence-electron chi connectivity index (χ0n) is 14.5. The largest absolute Gasteiger partial charge is 0.336 e. The van der Waals surface area contributed by atoms with Crippen molar-refractivity contribution in [3.8, 4) is 0 Å². The van der Waals surface area contributed by atoms with Gasteiger partial charge in [-0.05, 0) is 45.7 Å². The number of para-hydroxylation sites is 2. The van der Waals surface area contributed by atoms with Gasteiger partial charge in [0.25, 0.3) is 0 Å². The number of fused-ring (bicyclic) bond motifs is 3. The second-order valence-corrected chi connectivity index (χ2v) is 6.72. The van der Waals surface area contributed by atoms with Crippen molar-refractivity contribution in [2.75, 3.05) is 4.90 Å². The van der Waals surface area contributed by atoms with Crippen LogP contribution in [0.25, 0.3) is 22.9 Å². The molecule has 0 aliphatic carbocycles. The van der Waals surface area contributed by atoms with E-state index >= 15 is 0 Å². The van der Waals surface area contributed by atoms with E-state index in [-0.39, 0.29) is 0 Å². The van der Waals surface area contributed by atoms with Crippen molar-refractivity contribution < 1.29 is 0 Å². The number of hydrogen-bond donors (Lipinski definition) is 0. The fourth-order valence-electron chi connectivity index (χ4n) is 3.75. The smallest absolute Gasteiger partial charge is 0.0487 e. The summed E-state index contributed by atoms with van der Waals surface area (Å²) in [7, 11) is 0. The number of nitrogens with zero attached hydrogens (tertiary/aromatic N) is 1. The van der Waals surface area contributed by atoms with E-state index in [2.05, 4.69) is 108 Å². The third-order valence-corrected chi connectivity index (χ3v) is 5.05. The van der Waals surface area contributed by atoms with Crippen molar-refractivity contribution in [3.05, 3.63) is 108 Å². The Morgan fingerprint density at radius 3 is 1.81 bits per heavy atom. The summed E-state index contributed by atoms with van der Waals surface area (Å²) in [6.07, 6.45) is 4.43. The molecule has 0 saturated heterocycles. The van der Waals surface area contributed by atoms with Crippen molar-refractivity contribution in [3.63, 3.8) is 0 Å². The first kappa shape index (κ1) is 15.0. The summed E-state index contributed by atoms with van der Waals surface area (Å²) in [6, 6.07) is 32.6. The molecule has 4 aromatic rings. The molecule has 124 valence electrons. The second kappa shape index (κ2) is 6.20. The molecule has 26 heavy (non-hydrogen) atoms. The van der Waals surface area contributed by atoms with Crippen LogP contribution in [0, 0.1) is 0 Å². The van der Waals surface area contributed by atoms with Crippen LogP contribution in [0.15, 0.2) is 91.0 Å². The number of rotatable bonds is 2. The molecule has 0 aromatic heterocycles. The molecule has 5 rings (SSSR count). The minimum absolute atomic E-state index is 0.848. The van der Waals surface area contributed by atoms with Crippen molar-refractivity contribution in [1.29, 1.82) is 0 Å². The molecule has 4 aromatic carbocycles. The molecule has 0 unspecified atom stereocenters. The van der Waals surface area contributed by atoms with Crippen LogP contribution in [-0.4, -0.2) is 0 Å². The fourth-order valence-corrected chi connectivity index (χ4v) is 3.75. The van der Waals surface area contributed by atoms with Gasteiger partial charge in [-0.25, -0.2) is 0 Å². The second-order valence-electron chi connectivity index (χ2n) is 6.72. The van der Waals surface area contributed by atoms with Crippen molar-refractivity contribution in [2.24, 2.45) is 0 Å². The maximum Gasteiger partial charge on any atom is 0.0487 e. The van der Waals surface area contributed by atoms with E-state index in [0.717, 1.165) is 6.54 Å². The molecule has 0 radical (unpaired) electrons. The van der Waals surface area contributed by atoms with Crippen LogP contribution in [0.3, 0.4) is 0 Å². The van der Waals surface area contributed by atoms with Gasteiger partial charge < -0.3 is 4.90 Å². The zero-order valence-corrected chi connectivity index (χ0v) is 14.5. The van der Waals surface area contributed by atoms with Crippen molar-refractivity contribution >= 4 is 34.3 Å². The third kappa shape index (κ3) is 2.58. The Morgan fingerprint density at radius 1 is 0.538 bits per heavy atom. The number of anilines is 2. The molecule has 0 amide bonds. The van der Waals surface area contributed by atoms with E-state index in [1.54, 1.807) is 0 Å². The fraction of sp³-hybridized carbons (Fsp3) is 0.0400. The van der Waals surface area contributed by atoms with Crippen LogP contribution in [-0.2, 0) is 6.54 Å². The molecule has 1 aliphatic heterocycles. The Balaban J connectivity index is 1.64. The average Bonchev–Trinajstić information content (AvgIpc) is 2.86. The van der Waals surface area contributed by atoms with Crippen LogP contribution in [0.5, 0.6) is 0 Å². The van der Waals surface area contributed by atoms with Gasteiger partial charge in [-0.1, -0.05) is 84.9 Å². The number of hydrogen-bond acceptors (Lipinski definition) is 1. The molecule has 0 saturated carbocycles. The first-order valence-electron chi connectivity index (χ1n) is 9.00. The Morgan fingerprint density at radius 2 is 1.12 bits per heavy atom. The Hall–Kier alpha value is -3.32. The molecule has 0 spiro atoms. The monoisotopic (exact) mass is 333 g/mol. The molecule has 0 atom stereocenters. The van der Waals surface area contributed by atoms with Crippen LogP contribution < -0.4 is 4.90 Å². The molecular weight excluding hydrogens is 314 g/mol. The lowest BCUT2D eigenvalue weighted by atomic mass is 10.1. The van der Waals surface area contributed by atoms with Gasteiger partial charge in [0.1, 0.15) is 0 Å². The zero-order chi connectivity index (χ0) is 17.3. The van der Waals surface area contributed by atoms with Crippen LogP contribution in [0.4, 0.5) is 11.4 Å². The topological polar surface area (TPSA) is 3.24 Å². The molecule has 0 N–H and O–H groups in total. The van der Waals surface area contributed by atoms with E-state index in [1.807, 2.05) is 0 Å². The average molecular weight is 333 g/mol. The number of benzene rings is 4. The van der Waals surface area contributed by atoms with Crippen LogP contribution in [0.1, 0.15) is 16.7 Å². The predicted octanol–water partition coefficient (Wildman–Crippen LogP) is 6.66. The SMILES string of the molecule is C1=Cc2ccccc2N(Cc2ccc3ccccc3c2)c2ccccc21. The molecule has 1 nitrogen and oxygen atoms in total. The highest BCUT2D eigenvalue weighted by molar-refractivity contribution is 5.89. The van der Waals surface area contributed by atoms with E-state index in [1.165, 1.54) is 38.8 Å². The quantitative estimate of drug-likeness (QED) is 0.396. The normalized spacial score (nSPS) is 12.5. The standard InChI is InChI=1S/C25H19N/c1-2-10-23-17-19(13-14-20(23)7-1)18-26-24-11-5-3-8-21(24)15-16-22-9-4-6-12-25(22)26/h1-17H,18H2. The van der Waals surface area contributed by atoms with Crippen molar-refractivity contribution in [1.82, 2.24) is 0 Å². The lowest BCUT2D eigenvalue weighted by molar-refractivity contribution is 0.976. The maximum absolute atomic E-state index is 2.43. The van der Waals surface area contributed by atoms with Crippen molar-refractivity contribution in [2.45, 2.75) is 6.54 Å². The first-order chi connectivity index (χ1) is 12.9. The lowest BCUT2D eigenvalue weighted by Crippen LogP contribution is -2.17. The Bertz CT molecular complexity index is 1070. The first-order valence-corrected chi connectivity index (χ1v) is 9.00. The van der Waals surface area contributed by atoms with Gasteiger partial charge >= 0.3 is 0 Å². The van der Waals surface area contributed by atoms with Crippen LogP contribution >= 0.6 is 0 Å². The summed E-state index contributed by atoms with van der Waals surface area (Å²) in [5.74, 6) is 0. The molecular formula is C25H19N. The summed E-state index contributed by atoms with van der Waals surface area (Å²) in [6.45, 7) is 0.848. The van der Waals surface area contributed by atoms with Gasteiger partial charge in [-0.2, -0.15) is 0 Å². The summed E-state index contributed by atoms with van der Waals surface area (Å²) < 4.78 is 0. The summed E-state index contributed by atoms with van der Waals surface area (Å²) in [5, 5.41) is 2.58. The molecule has 1 heterocycles. The maximum atomic E-state index is 2.43. The Kier molecular flexibility index (Phi) is 3.57. The molecule has 0 bridgehead atoms. The van der Waals surface area contributed by atoms with Gasteiger partial charge in [0, 0.05) is 17.9 Å². The lowest BCUT2D eigenvalue weighted by Gasteiger charge is -2.27. The molecule has 0 fully saturated rings. The highest BCUT2D eigenvalue weighted by Gasteiger charge is 2.17. The van der Waals surface area contributed by atoms with Gasteiger partial charge in [0.2, 0.25) is 0 Å². The van der Waals surface area contributed by atoms with Gasteiger partial charge in [-0.3, -0.25) is 0 Å². The molecule has 1 aliphatic rings. The van der Waals surface area contributed by atoms with Gasteiger partial charge in [0.15, 0.2) is 0 Å². The van der Waals surface area contributed by atoms with E-state index in [0.29, 0.717) is 0 Å². The summed E-state index contributed by atoms with van der Waals surface area (Å²) >= 11 is 0. The highest BCUT2D eigenvalue weighted by Crippen LogP contribution is 2.37. The van der Waals surface area contributed by atoms with E-state index in [9.17, 15) is 0 Å². The minimum atomic E-state index is 0.848. The van der Waals surface area contributed by atoms with Gasteiger partial charge in [-0.15, -0.1) is 0 Å². The van der Waals surface area contributed by atoms with Gasteiger partial charge in [0.05, 0.1) is 0 Å². The van der Waals surface area contributed by atoms with Crippen LogP contribution in [0.2, 0.25) is 0 Å². The van der Waals surface area contributed by atoms with E-state index in [4.69, 9.17) is 0 Å². The summed E-state index contributed by atoms with van der Waals surface area (Å²) in [5.41, 5.74) is 6.33. The predicted molar refractivity (Wildman–Crippen MR) is 112 cm³/mol. The third-order valence-electron chi connectivity index (χ3n) is 5.05. The Labute approximate surface area is 153 Å². The minimum Gasteiger partial charge on any atom is -0.336 e. The molecule has 1 heteroatoms.